The van der Waals surface area contributed by atoms with Crippen LogP contribution in [0.2, 0.25) is 0 Å². The van der Waals surface area contributed by atoms with Gasteiger partial charge in [-0.15, -0.1) is 0 Å². The first-order valence-corrected chi connectivity index (χ1v) is 7.79. The Morgan fingerprint density at radius 2 is 2.18 bits per heavy atom. The largest absolute Gasteiger partial charge is 0.445 e. The average Bonchev–Trinajstić information content (AvgIpc) is 3.06. The van der Waals surface area contributed by atoms with Crippen molar-refractivity contribution in [1.29, 1.82) is 0 Å². The molecule has 1 aromatic carbocycles. The Kier molecular flexibility index (Phi) is 4.11. The second kappa shape index (κ2) is 6.04. The van der Waals surface area contributed by atoms with Crippen LogP contribution >= 0.6 is 15.9 Å². The molecule has 6 heteroatoms. The monoisotopic (exact) mass is 363 g/mol. The lowest BCUT2D eigenvalue weighted by molar-refractivity contribution is 0.484. The predicted molar refractivity (Wildman–Crippen MR) is 85.0 cm³/mol. The van der Waals surface area contributed by atoms with E-state index in [9.17, 15) is 4.39 Å². The maximum absolute atomic E-state index is 13.3. The van der Waals surface area contributed by atoms with Crippen molar-refractivity contribution in [2.45, 2.75) is 26.8 Å². The molecule has 0 unspecified atom stereocenters. The molecule has 3 rings (SSSR count). The summed E-state index contributed by atoms with van der Waals surface area (Å²) in [7, 11) is 0. The Bertz CT molecular complexity index is 810. The molecule has 2 heterocycles. The van der Waals surface area contributed by atoms with Gasteiger partial charge in [-0.2, -0.15) is 5.10 Å². The van der Waals surface area contributed by atoms with Crippen molar-refractivity contribution in [1.82, 2.24) is 14.8 Å². The molecule has 0 fully saturated rings. The maximum Gasteiger partial charge on any atom is 0.191 e. The second-order valence-corrected chi connectivity index (χ2v) is 5.86. The molecule has 0 saturated carbocycles. The zero-order valence-corrected chi connectivity index (χ0v) is 13.9. The zero-order chi connectivity index (χ0) is 15.7. The highest BCUT2D eigenvalue weighted by atomic mass is 79.9. The van der Waals surface area contributed by atoms with Crippen LogP contribution in [0.1, 0.15) is 24.1 Å². The van der Waals surface area contributed by atoms with Crippen LogP contribution < -0.4 is 0 Å². The van der Waals surface area contributed by atoms with Crippen molar-refractivity contribution in [2.24, 2.45) is 0 Å². The fraction of sp³-hybridized carbons (Fsp3) is 0.250. The molecular formula is C16H15BrFN3O. The van der Waals surface area contributed by atoms with Crippen LogP contribution in [0.4, 0.5) is 4.39 Å². The van der Waals surface area contributed by atoms with E-state index in [-0.39, 0.29) is 5.82 Å². The number of hydrogen-bond acceptors (Lipinski definition) is 3. The van der Waals surface area contributed by atoms with Crippen molar-refractivity contribution in [2.75, 3.05) is 0 Å². The minimum atomic E-state index is -0.290. The van der Waals surface area contributed by atoms with Crippen LogP contribution in [0.25, 0.3) is 11.3 Å². The van der Waals surface area contributed by atoms with Crippen molar-refractivity contribution in [3.63, 3.8) is 0 Å². The highest BCUT2D eigenvalue weighted by Gasteiger charge is 2.17. The van der Waals surface area contributed by atoms with E-state index in [4.69, 9.17) is 4.42 Å². The molecule has 4 nitrogen and oxygen atoms in total. The summed E-state index contributed by atoms with van der Waals surface area (Å²) in [6.45, 7) is 4.67. The number of halogens is 2. The van der Waals surface area contributed by atoms with Crippen molar-refractivity contribution in [3.8, 4) is 11.3 Å². The molecule has 2 aromatic heterocycles. The summed E-state index contributed by atoms with van der Waals surface area (Å²) in [6, 6.07) is 4.55. The number of aryl methyl sites for hydroxylation is 2. The lowest BCUT2D eigenvalue weighted by atomic mass is 10.1. The third kappa shape index (κ3) is 2.97. The Hall–Kier alpha value is -1.95. The van der Waals surface area contributed by atoms with Crippen molar-refractivity contribution >= 4 is 15.9 Å². The third-order valence-electron chi connectivity index (χ3n) is 3.37. The number of hydrogen-bond donors (Lipinski definition) is 0. The van der Waals surface area contributed by atoms with Gasteiger partial charge in [0.2, 0.25) is 0 Å². The van der Waals surface area contributed by atoms with Gasteiger partial charge in [-0.1, -0.05) is 0 Å². The number of rotatable bonds is 4. The Morgan fingerprint density at radius 3 is 2.86 bits per heavy atom. The molecule has 0 bridgehead atoms. The Balaban J connectivity index is 1.99. The fourth-order valence-corrected chi connectivity index (χ4v) is 2.88. The average molecular weight is 364 g/mol. The molecular weight excluding hydrogens is 349 g/mol. The van der Waals surface area contributed by atoms with Crippen molar-refractivity contribution in [3.05, 3.63) is 58.1 Å². The molecule has 0 N–H and O–H groups in total. The lowest BCUT2D eigenvalue weighted by Gasteiger charge is -2.03. The van der Waals surface area contributed by atoms with Gasteiger partial charge < -0.3 is 4.42 Å². The van der Waals surface area contributed by atoms with Gasteiger partial charge in [0.25, 0.3) is 0 Å². The Morgan fingerprint density at radius 1 is 1.36 bits per heavy atom. The molecule has 0 spiro atoms. The van der Waals surface area contributed by atoms with Gasteiger partial charge in [0.15, 0.2) is 5.89 Å². The van der Waals surface area contributed by atoms with Crippen LogP contribution in [0, 0.1) is 12.7 Å². The zero-order valence-electron chi connectivity index (χ0n) is 12.3. The summed E-state index contributed by atoms with van der Waals surface area (Å²) in [4.78, 5) is 4.45. The number of aromatic nitrogens is 3. The van der Waals surface area contributed by atoms with E-state index >= 15 is 0 Å². The Labute approximate surface area is 136 Å². The lowest BCUT2D eigenvalue weighted by Crippen LogP contribution is -1.93. The van der Waals surface area contributed by atoms with Gasteiger partial charge in [0, 0.05) is 36.1 Å². The van der Waals surface area contributed by atoms with Gasteiger partial charge in [-0.3, -0.25) is 4.68 Å². The normalized spacial score (nSPS) is 11.1. The quantitative estimate of drug-likeness (QED) is 0.691. The first-order valence-electron chi connectivity index (χ1n) is 7.00. The van der Waals surface area contributed by atoms with Gasteiger partial charge in [-0.25, -0.2) is 9.37 Å². The molecule has 0 radical (unpaired) electrons. The van der Waals surface area contributed by atoms with E-state index in [1.807, 2.05) is 24.0 Å². The maximum atomic E-state index is 13.3. The molecule has 0 amide bonds. The molecule has 0 aliphatic rings. The number of benzene rings is 1. The van der Waals surface area contributed by atoms with Crippen molar-refractivity contribution < 1.29 is 8.81 Å². The number of nitrogens with zero attached hydrogens (tertiary/aromatic N) is 3. The molecule has 0 aliphatic heterocycles. The summed E-state index contributed by atoms with van der Waals surface area (Å²) >= 11 is 3.39. The SMILES string of the molecule is CCn1cc(Cc2oc(C)nc2-c2ccc(F)cc2Br)cn1. The van der Waals surface area contributed by atoms with E-state index in [1.54, 1.807) is 13.0 Å². The topological polar surface area (TPSA) is 43.9 Å². The molecule has 22 heavy (non-hydrogen) atoms. The standard InChI is InChI=1S/C16H15BrFN3O/c1-3-21-9-11(8-19-21)6-15-16(20-10(2)22-15)13-5-4-12(18)7-14(13)17/h4-5,7-9H,3,6H2,1-2H3. The number of oxazole rings is 1. The van der Waals surface area contributed by atoms with E-state index in [1.165, 1.54) is 12.1 Å². The second-order valence-electron chi connectivity index (χ2n) is 5.01. The van der Waals surface area contributed by atoms with E-state index in [2.05, 4.69) is 26.0 Å². The van der Waals surface area contributed by atoms with Gasteiger partial charge in [-0.05, 0) is 46.6 Å². The molecule has 0 saturated heterocycles. The molecule has 0 aliphatic carbocycles. The van der Waals surface area contributed by atoms with E-state index in [0.717, 1.165) is 29.1 Å². The summed E-state index contributed by atoms with van der Waals surface area (Å²) in [6.07, 6.45) is 4.41. The summed E-state index contributed by atoms with van der Waals surface area (Å²) in [5.41, 5.74) is 2.60. The van der Waals surface area contributed by atoms with Crippen LogP contribution in [-0.4, -0.2) is 14.8 Å². The fourth-order valence-electron chi connectivity index (χ4n) is 2.34. The van der Waals surface area contributed by atoms with Gasteiger partial charge >= 0.3 is 0 Å². The van der Waals surface area contributed by atoms with Crippen LogP contribution in [0.5, 0.6) is 0 Å². The molecule has 0 atom stereocenters. The van der Waals surface area contributed by atoms with Crippen LogP contribution in [0.15, 0.2) is 39.5 Å². The first-order chi connectivity index (χ1) is 10.6. The summed E-state index contributed by atoms with van der Waals surface area (Å²) in [5.74, 6) is 1.05. The van der Waals surface area contributed by atoms with E-state index in [0.29, 0.717) is 16.8 Å². The van der Waals surface area contributed by atoms with Crippen LogP contribution in [-0.2, 0) is 13.0 Å². The third-order valence-corrected chi connectivity index (χ3v) is 4.02. The van der Waals surface area contributed by atoms with Crippen LogP contribution in [0.3, 0.4) is 0 Å². The van der Waals surface area contributed by atoms with Gasteiger partial charge in [0.1, 0.15) is 17.3 Å². The smallest absolute Gasteiger partial charge is 0.191 e. The summed E-state index contributed by atoms with van der Waals surface area (Å²) < 4.78 is 21.5. The minimum absolute atomic E-state index is 0.290. The predicted octanol–water partition coefficient (Wildman–Crippen LogP) is 4.36. The first kappa shape index (κ1) is 15.0. The highest BCUT2D eigenvalue weighted by Crippen LogP contribution is 2.32. The molecule has 114 valence electrons. The highest BCUT2D eigenvalue weighted by molar-refractivity contribution is 9.10. The van der Waals surface area contributed by atoms with E-state index < -0.39 is 0 Å². The summed E-state index contributed by atoms with van der Waals surface area (Å²) in [5, 5.41) is 4.26. The van der Waals surface area contributed by atoms with Gasteiger partial charge in [0.05, 0.1) is 6.20 Å². The minimum Gasteiger partial charge on any atom is -0.445 e. The molecule has 3 aromatic rings.